The van der Waals surface area contributed by atoms with Gasteiger partial charge in [0.05, 0.1) is 11.6 Å². The summed E-state index contributed by atoms with van der Waals surface area (Å²) < 4.78 is 23.9. The van der Waals surface area contributed by atoms with Crippen molar-refractivity contribution in [1.82, 2.24) is 5.32 Å². The van der Waals surface area contributed by atoms with Crippen LogP contribution in [0.2, 0.25) is 5.02 Å². The van der Waals surface area contributed by atoms with E-state index >= 15 is 0 Å². The first-order valence-electron chi connectivity index (χ1n) is 7.73. The van der Waals surface area contributed by atoms with Crippen LogP contribution in [-0.4, -0.2) is 31.5 Å². The van der Waals surface area contributed by atoms with Crippen molar-refractivity contribution in [2.24, 2.45) is 0 Å². The molecule has 0 radical (unpaired) electrons. The van der Waals surface area contributed by atoms with Crippen LogP contribution >= 0.6 is 22.9 Å². The molecule has 2 rings (SSSR count). The molecule has 0 fully saturated rings. The van der Waals surface area contributed by atoms with Crippen LogP contribution in [0.3, 0.4) is 0 Å². The number of nitrogens with one attached hydrogen (secondary N) is 1. The Kier molecular flexibility index (Phi) is 6.75. The van der Waals surface area contributed by atoms with E-state index in [2.05, 4.69) is 5.32 Å². The summed E-state index contributed by atoms with van der Waals surface area (Å²) in [6.45, 7) is 1.21. The summed E-state index contributed by atoms with van der Waals surface area (Å²) in [4.78, 5) is 36.6. The maximum absolute atomic E-state index is 13.9. The number of ether oxygens (including phenoxy) is 2. The fourth-order valence-corrected chi connectivity index (χ4v) is 3.50. The average Bonchev–Trinajstić information content (AvgIpc) is 2.95. The molecule has 3 N–H and O–H groups in total. The molecule has 0 unspecified atom stereocenters. The van der Waals surface area contributed by atoms with Crippen molar-refractivity contribution in [1.29, 1.82) is 0 Å². The summed E-state index contributed by atoms with van der Waals surface area (Å²) in [6.07, 6.45) is 0. The number of anilines is 1. The Morgan fingerprint density at radius 3 is 2.48 bits per heavy atom. The molecule has 0 aliphatic rings. The number of nitrogen functional groups attached to an aromatic ring is 1. The van der Waals surface area contributed by atoms with Gasteiger partial charge in [-0.05, 0) is 19.1 Å². The number of rotatable bonds is 6. The molecule has 1 amide bonds. The number of carbonyl (C=O) groups is 3. The van der Waals surface area contributed by atoms with Gasteiger partial charge in [-0.2, -0.15) is 0 Å². The number of amides is 1. The second-order valence-corrected chi connectivity index (χ2v) is 6.58. The fourth-order valence-electron chi connectivity index (χ4n) is 2.25. The third kappa shape index (κ3) is 4.37. The van der Waals surface area contributed by atoms with Crippen molar-refractivity contribution in [2.75, 3.05) is 19.4 Å². The second-order valence-electron chi connectivity index (χ2n) is 5.12. The Morgan fingerprint density at radius 2 is 1.89 bits per heavy atom. The van der Waals surface area contributed by atoms with E-state index < -0.39 is 35.8 Å². The van der Waals surface area contributed by atoms with E-state index in [4.69, 9.17) is 26.8 Å². The zero-order chi connectivity index (χ0) is 20.1. The molecule has 144 valence electrons. The highest BCUT2D eigenvalue weighted by atomic mass is 35.5. The molecule has 1 aromatic carbocycles. The van der Waals surface area contributed by atoms with E-state index in [0.717, 1.165) is 17.4 Å². The lowest BCUT2D eigenvalue weighted by atomic mass is 10.1. The maximum atomic E-state index is 13.9. The van der Waals surface area contributed by atoms with E-state index in [9.17, 15) is 18.8 Å². The summed E-state index contributed by atoms with van der Waals surface area (Å²) in [5.41, 5.74) is 5.42. The summed E-state index contributed by atoms with van der Waals surface area (Å²) in [7, 11) is 1.40. The summed E-state index contributed by atoms with van der Waals surface area (Å²) in [6, 6.07) is 3.74. The highest BCUT2D eigenvalue weighted by Gasteiger charge is 2.28. The molecule has 1 heterocycles. The van der Waals surface area contributed by atoms with Crippen LogP contribution < -0.4 is 11.1 Å². The maximum Gasteiger partial charge on any atom is 0.342 e. The van der Waals surface area contributed by atoms with Gasteiger partial charge in [0.25, 0.3) is 5.91 Å². The van der Waals surface area contributed by atoms with Crippen molar-refractivity contribution < 1.29 is 28.2 Å². The van der Waals surface area contributed by atoms with Gasteiger partial charge in [0.1, 0.15) is 33.4 Å². The smallest absolute Gasteiger partial charge is 0.342 e. The van der Waals surface area contributed by atoms with E-state index in [1.807, 2.05) is 0 Å². The van der Waals surface area contributed by atoms with Crippen molar-refractivity contribution >= 4 is 45.8 Å². The first kappa shape index (κ1) is 20.7. The molecule has 2 aromatic rings. The largest absolute Gasteiger partial charge is 0.462 e. The number of thiophene rings is 1. The van der Waals surface area contributed by atoms with Gasteiger partial charge >= 0.3 is 11.9 Å². The van der Waals surface area contributed by atoms with Gasteiger partial charge in [-0.15, -0.1) is 11.3 Å². The minimum absolute atomic E-state index is 0.0435. The molecule has 0 bridgehead atoms. The predicted molar refractivity (Wildman–Crippen MR) is 98.6 cm³/mol. The molecule has 0 aliphatic heterocycles. The molecular formula is C17H16ClFN2O5S. The SMILES string of the molecule is CCOC(=O)c1c(N)sc(C(=O)NC)c1COC(=O)c1c(F)cccc1Cl. The zero-order valence-electron chi connectivity index (χ0n) is 14.4. The predicted octanol–water partition coefficient (Wildman–Crippen LogP) is 3.02. The van der Waals surface area contributed by atoms with Crippen molar-refractivity contribution in [3.63, 3.8) is 0 Å². The lowest BCUT2D eigenvalue weighted by Crippen LogP contribution is -2.20. The number of carbonyl (C=O) groups excluding carboxylic acids is 3. The first-order chi connectivity index (χ1) is 12.8. The van der Waals surface area contributed by atoms with Gasteiger partial charge in [0, 0.05) is 12.6 Å². The van der Waals surface area contributed by atoms with Crippen LogP contribution in [0.25, 0.3) is 0 Å². The quantitative estimate of drug-likeness (QED) is 0.703. The van der Waals surface area contributed by atoms with E-state index in [1.165, 1.54) is 19.2 Å². The number of halogens is 2. The van der Waals surface area contributed by atoms with Crippen LogP contribution in [0, 0.1) is 5.82 Å². The van der Waals surface area contributed by atoms with Crippen LogP contribution in [0.5, 0.6) is 0 Å². The second kappa shape index (κ2) is 8.83. The topological polar surface area (TPSA) is 108 Å². The number of esters is 2. The van der Waals surface area contributed by atoms with Gasteiger partial charge in [0.2, 0.25) is 0 Å². The third-order valence-corrected chi connectivity index (χ3v) is 4.84. The molecular weight excluding hydrogens is 399 g/mol. The lowest BCUT2D eigenvalue weighted by Gasteiger charge is -2.10. The molecule has 0 aliphatic carbocycles. The van der Waals surface area contributed by atoms with E-state index in [-0.39, 0.29) is 32.6 Å². The standard InChI is InChI=1S/C17H16ClFN2O5S/c1-3-25-16(23)11-8(13(15(22)21-2)27-14(11)20)7-26-17(24)12-9(18)5-4-6-10(12)19/h4-6H,3,7,20H2,1-2H3,(H,21,22). The Hall–Kier alpha value is -2.65. The van der Waals surface area contributed by atoms with Crippen LogP contribution in [0.1, 0.15) is 42.9 Å². The third-order valence-electron chi connectivity index (χ3n) is 3.46. The van der Waals surface area contributed by atoms with Gasteiger partial charge in [-0.3, -0.25) is 4.79 Å². The van der Waals surface area contributed by atoms with Gasteiger partial charge in [0.15, 0.2) is 0 Å². The van der Waals surface area contributed by atoms with Crippen LogP contribution in [0.15, 0.2) is 18.2 Å². The summed E-state index contributed by atoms with van der Waals surface area (Å²) >= 11 is 6.70. The fraction of sp³-hybridized carbons (Fsp3) is 0.235. The molecule has 10 heteroatoms. The monoisotopic (exact) mass is 414 g/mol. The van der Waals surface area contributed by atoms with Crippen molar-refractivity contribution in [3.8, 4) is 0 Å². The lowest BCUT2D eigenvalue weighted by molar-refractivity contribution is 0.0445. The number of nitrogens with two attached hydrogens (primary N) is 1. The number of hydrogen-bond acceptors (Lipinski definition) is 7. The number of hydrogen-bond donors (Lipinski definition) is 2. The van der Waals surface area contributed by atoms with Gasteiger partial charge in [-0.25, -0.2) is 14.0 Å². The first-order valence-corrected chi connectivity index (χ1v) is 8.92. The summed E-state index contributed by atoms with van der Waals surface area (Å²) in [5, 5.41) is 2.33. The van der Waals surface area contributed by atoms with Crippen LogP contribution in [-0.2, 0) is 16.1 Å². The van der Waals surface area contributed by atoms with E-state index in [1.54, 1.807) is 6.92 Å². The Labute approximate surface area is 163 Å². The molecule has 1 aromatic heterocycles. The van der Waals surface area contributed by atoms with Crippen LogP contribution in [0.4, 0.5) is 9.39 Å². The molecule has 0 saturated carbocycles. The normalized spacial score (nSPS) is 10.4. The Bertz CT molecular complexity index is 879. The Morgan fingerprint density at radius 1 is 1.22 bits per heavy atom. The Balaban J connectivity index is 2.37. The van der Waals surface area contributed by atoms with Crippen molar-refractivity contribution in [3.05, 3.63) is 50.6 Å². The van der Waals surface area contributed by atoms with Crippen molar-refractivity contribution in [2.45, 2.75) is 13.5 Å². The molecule has 27 heavy (non-hydrogen) atoms. The van der Waals surface area contributed by atoms with Gasteiger partial charge in [-0.1, -0.05) is 17.7 Å². The minimum atomic E-state index is -1.04. The minimum Gasteiger partial charge on any atom is -0.462 e. The number of benzene rings is 1. The zero-order valence-corrected chi connectivity index (χ0v) is 16.0. The summed E-state index contributed by atoms with van der Waals surface area (Å²) in [5.74, 6) is -3.16. The van der Waals surface area contributed by atoms with E-state index in [0.29, 0.717) is 0 Å². The highest BCUT2D eigenvalue weighted by Crippen LogP contribution is 2.33. The van der Waals surface area contributed by atoms with Gasteiger partial charge < -0.3 is 20.5 Å². The highest BCUT2D eigenvalue weighted by molar-refractivity contribution is 7.18. The molecule has 0 spiro atoms. The molecule has 7 nitrogen and oxygen atoms in total. The molecule has 0 saturated heterocycles. The average molecular weight is 415 g/mol. The molecule has 0 atom stereocenters.